The van der Waals surface area contributed by atoms with Gasteiger partial charge in [0.2, 0.25) is 5.91 Å². The number of carbonyl (C=O) groups is 1. The van der Waals surface area contributed by atoms with Gasteiger partial charge in [0.15, 0.2) is 0 Å². The van der Waals surface area contributed by atoms with E-state index in [2.05, 4.69) is 36.8 Å². The average Bonchev–Trinajstić information content (AvgIpc) is 2.88. The van der Waals surface area contributed by atoms with Crippen LogP contribution in [0.25, 0.3) is 0 Å². The molecule has 1 fully saturated rings. The Hall–Kier alpha value is -1.58. The molecule has 1 aliphatic rings. The van der Waals surface area contributed by atoms with Crippen molar-refractivity contribution in [3.63, 3.8) is 0 Å². The van der Waals surface area contributed by atoms with Gasteiger partial charge >= 0.3 is 0 Å². The molecule has 1 aliphatic heterocycles. The van der Waals surface area contributed by atoms with Crippen molar-refractivity contribution in [1.82, 2.24) is 9.99 Å². The summed E-state index contributed by atoms with van der Waals surface area (Å²) in [4.78, 5) is 17.0. The van der Waals surface area contributed by atoms with Crippen molar-refractivity contribution in [2.75, 3.05) is 18.1 Å². The van der Waals surface area contributed by atoms with Crippen molar-refractivity contribution >= 4 is 11.6 Å². The van der Waals surface area contributed by atoms with Crippen LogP contribution in [0.2, 0.25) is 0 Å². The van der Waals surface area contributed by atoms with Crippen LogP contribution >= 0.6 is 0 Å². The number of hydrazine groups is 1. The molecular formula is C18H29N3O. The molecule has 0 radical (unpaired) electrons. The van der Waals surface area contributed by atoms with Gasteiger partial charge in [-0.15, -0.1) is 0 Å². The molecule has 2 heterocycles. The number of amides is 1. The van der Waals surface area contributed by atoms with Gasteiger partial charge in [-0.1, -0.05) is 33.6 Å². The third-order valence-corrected chi connectivity index (χ3v) is 4.33. The maximum Gasteiger partial charge on any atom is 0.244 e. The van der Waals surface area contributed by atoms with Crippen LogP contribution in [0, 0.1) is 5.92 Å². The van der Waals surface area contributed by atoms with Gasteiger partial charge < -0.3 is 0 Å². The fourth-order valence-corrected chi connectivity index (χ4v) is 3.30. The summed E-state index contributed by atoms with van der Waals surface area (Å²) in [5.74, 6) is 0.510. The van der Waals surface area contributed by atoms with Crippen LogP contribution in [0.3, 0.4) is 0 Å². The van der Waals surface area contributed by atoms with Gasteiger partial charge in [-0.05, 0) is 37.3 Å². The Morgan fingerprint density at radius 3 is 2.77 bits per heavy atom. The zero-order valence-electron chi connectivity index (χ0n) is 14.2. The number of anilines is 1. The predicted molar refractivity (Wildman–Crippen MR) is 90.6 cm³/mol. The highest BCUT2D eigenvalue weighted by Crippen LogP contribution is 2.29. The minimum Gasteiger partial charge on any atom is -0.283 e. The smallest absolute Gasteiger partial charge is 0.244 e. The van der Waals surface area contributed by atoms with Crippen LogP contribution in [0.15, 0.2) is 18.5 Å². The highest BCUT2D eigenvalue weighted by atomic mass is 16.2. The lowest BCUT2D eigenvalue weighted by Gasteiger charge is -2.35. The van der Waals surface area contributed by atoms with E-state index < -0.39 is 0 Å². The molecule has 1 amide bonds. The number of pyridine rings is 1. The highest BCUT2D eigenvalue weighted by Gasteiger charge is 2.34. The molecule has 0 saturated carbocycles. The zero-order valence-corrected chi connectivity index (χ0v) is 14.2. The third-order valence-electron chi connectivity index (χ3n) is 4.33. The van der Waals surface area contributed by atoms with Gasteiger partial charge in [0.1, 0.15) is 0 Å². The third kappa shape index (κ3) is 3.60. The molecular weight excluding hydrogens is 274 g/mol. The van der Waals surface area contributed by atoms with E-state index in [0.717, 1.165) is 57.3 Å². The molecule has 0 spiro atoms. The first-order valence-electron chi connectivity index (χ1n) is 8.74. The largest absolute Gasteiger partial charge is 0.283 e. The summed E-state index contributed by atoms with van der Waals surface area (Å²) < 4.78 is 0. The van der Waals surface area contributed by atoms with Gasteiger partial charge in [-0.3, -0.25) is 19.8 Å². The van der Waals surface area contributed by atoms with Crippen LogP contribution in [0.4, 0.5) is 5.69 Å². The minimum absolute atomic E-state index is 0.209. The predicted octanol–water partition coefficient (Wildman–Crippen LogP) is 3.81. The summed E-state index contributed by atoms with van der Waals surface area (Å²) >= 11 is 0. The quantitative estimate of drug-likeness (QED) is 0.732. The number of carbonyl (C=O) groups excluding carboxylic acids is 1. The van der Waals surface area contributed by atoms with Crippen LogP contribution in [-0.4, -0.2) is 29.0 Å². The van der Waals surface area contributed by atoms with Crippen LogP contribution in [0.1, 0.15) is 58.4 Å². The molecule has 1 aromatic heterocycles. The molecule has 1 atom stereocenters. The van der Waals surface area contributed by atoms with Gasteiger partial charge in [-0.25, -0.2) is 0 Å². The normalized spacial score (nSPS) is 18.0. The lowest BCUT2D eigenvalue weighted by molar-refractivity contribution is -0.131. The van der Waals surface area contributed by atoms with Gasteiger partial charge in [0.25, 0.3) is 0 Å². The van der Waals surface area contributed by atoms with E-state index in [1.54, 1.807) is 0 Å². The van der Waals surface area contributed by atoms with Gasteiger partial charge in [-0.2, -0.15) is 0 Å². The van der Waals surface area contributed by atoms with E-state index in [1.807, 2.05) is 17.4 Å². The van der Waals surface area contributed by atoms with E-state index in [4.69, 9.17) is 0 Å². The molecule has 0 N–H and O–H groups in total. The van der Waals surface area contributed by atoms with Crippen molar-refractivity contribution in [3.8, 4) is 0 Å². The summed E-state index contributed by atoms with van der Waals surface area (Å²) in [7, 11) is 0. The Morgan fingerprint density at radius 1 is 1.27 bits per heavy atom. The molecule has 122 valence electrons. The molecule has 1 unspecified atom stereocenters. The van der Waals surface area contributed by atoms with E-state index in [9.17, 15) is 4.79 Å². The van der Waals surface area contributed by atoms with Gasteiger partial charge in [0.05, 0.1) is 5.69 Å². The zero-order chi connectivity index (χ0) is 15.9. The van der Waals surface area contributed by atoms with E-state index >= 15 is 0 Å². The lowest BCUT2D eigenvalue weighted by Crippen LogP contribution is -2.45. The average molecular weight is 303 g/mol. The van der Waals surface area contributed by atoms with Crippen LogP contribution in [-0.2, 0) is 11.2 Å². The molecule has 22 heavy (non-hydrogen) atoms. The molecule has 4 heteroatoms. The van der Waals surface area contributed by atoms with Crippen LogP contribution in [0.5, 0.6) is 0 Å². The van der Waals surface area contributed by atoms with E-state index in [0.29, 0.717) is 5.91 Å². The summed E-state index contributed by atoms with van der Waals surface area (Å²) in [6, 6.07) is 2.06. The van der Waals surface area contributed by atoms with Crippen molar-refractivity contribution in [1.29, 1.82) is 0 Å². The Balaban J connectivity index is 2.25. The van der Waals surface area contributed by atoms with Crippen molar-refractivity contribution < 1.29 is 4.79 Å². The first-order chi connectivity index (χ1) is 10.7. The number of rotatable bonds is 8. The fraction of sp³-hybridized carbons (Fsp3) is 0.667. The molecule has 0 aromatic carbocycles. The Bertz CT molecular complexity index is 489. The van der Waals surface area contributed by atoms with E-state index in [1.165, 1.54) is 5.56 Å². The number of hydrogen-bond acceptors (Lipinski definition) is 3. The molecule has 4 nitrogen and oxygen atoms in total. The second-order valence-electron chi connectivity index (χ2n) is 6.11. The molecule has 0 aliphatic carbocycles. The Labute approximate surface area is 134 Å². The monoisotopic (exact) mass is 303 g/mol. The number of aryl methyl sites for hydroxylation is 1. The minimum atomic E-state index is 0.209. The van der Waals surface area contributed by atoms with Gasteiger partial charge in [0, 0.05) is 31.4 Å². The van der Waals surface area contributed by atoms with Crippen molar-refractivity contribution in [3.05, 3.63) is 24.0 Å². The fourth-order valence-electron chi connectivity index (χ4n) is 3.30. The maximum atomic E-state index is 12.7. The van der Waals surface area contributed by atoms with E-state index in [-0.39, 0.29) is 5.92 Å². The molecule has 1 saturated heterocycles. The Kier molecular flexibility index (Phi) is 6.22. The topological polar surface area (TPSA) is 36.4 Å². The number of hydrogen-bond donors (Lipinski definition) is 0. The molecule has 0 bridgehead atoms. The summed E-state index contributed by atoms with van der Waals surface area (Å²) in [6.07, 6.45) is 9.97. The number of aromatic nitrogens is 1. The standard InChI is InChI=1S/C18H29N3O/c1-4-7-15-10-13-21(18(15)22)20(12-6-3)17-9-11-19-14-16(17)8-5-2/h9,11,14-15H,4-8,10,12-13H2,1-3H3. The Morgan fingerprint density at radius 2 is 2.09 bits per heavy atom. The first-order valence-corrected chi connectivity index (χ1v) is 8.74. The summed E-state index contributed by atoms with van der Waals surface area (Å²) in [5, 5.41) is 4.18. The van der Waals surface area contributed by atoms with Crippen molar-refractivity contribution in [2.45, 2.75) is 59.3 Å². The summed E-state index contributed by atoms with van der Waals surface area (Å²) in [5.41, 5.74) is 2.40. The van der Waals surface area contributed by atoms with Crippen molar-refractivity contribution in [2.24, 2.45) is 5.92 Å². The maximum absolute atomic E-state index is 12.7. The molecule has 1 aromatic rings. The molecule has 2 rings (SSSR count). The van der Waals surface area contributed by atoms with Crippen LogP contribution < -0.4 is 5.01 Å². The first kappa shape index (κ1) is 16.8. The number of nitrogens with zero attached hydrogens (tertiary/aromatic N) is 3. The second kappa shape index (κ2) is 8.16. The lowest BCUT2D eigenvalue weighted by atomic mass is 10.0. The summed E-state index contributed by atoms with van der Waals surface area (Å²) in [6.45, 7) is 8.22. The highest BCUT2D eigenvalue weighted by molar-refractivity contribution is 5.82. The second-order valence-corrected chi connectivity index (χ2v) is 6.11. The SMILES string of the molecule is CCCc1cnccc1N(CCC)N1CCC(CCC)C1=O.